The maximum atomic E-state index is 12.2. The summed E-state index contributed by atoms with van der Waals surface area (Å²) in [7, 11) is -3.31. The molecule has 2 aliphatic heterocycles. The number of rotatable bonds is 7. The molecule has 2 aliphatic rings. The summed E-state index contributed by atoms with van der Waals surface area (Å²) in [5.41, 5.74) is 0.325. The van der Waals surface area contributed by atoms with Crippen molar-refractivity contribution in [2.45, 2.75) is 49.4 Å². The summed E-state index contributed by atoms with van der Waals surface area (Å²) in [5.74, 6) is -0.812. The lowest BCUT2D eigenvalue weighted by Gasteiger charge is -2.16. The van der Waals surface area contributed by atoms with Gasteiger partial charge >= 0.3 is 12.4 Å². The Bertz CT molecular complexity index is 873. The molecule has 3 rings (SSSR count). The van der Waals surface area contributed by atoms with Gasteiger partial charge in [0.2, 0.25) is 5.91 Å². The Labute approximate surface area is 165 Å². The number of alkyl halides is 3. The fourth-order valence-corrected chi connectivity index (χ4v) is 5.87. The summed E-state index contributed by atoms with van der Waals surface area (Å²) >= 11 is 0. The van der Waals surface area contributed by atoms with Gasteiger partial charge in [0.05, 0.1) is 23.1 Å². The number of sulfone groups is 1. The van der Waals surface area contributed by atoms with Gasteiger partial charge in [-0.3, -0.25) is 4.79 Å². The second kappa shape index (κ2) is 8.09. The third kappa shape index (κ3) is 5.52. The molecule has 0 bridgehead atoms. The van der Waals surface area contributed by atoms with Crippen molar-refractivity contribution in [2.24, 2.45) is 0 Å². The number of carbonyl (C=O) groups is 2. The number of halogens is 3. The molecule has 0 spiro atoms. The quantitative estimate of drug-likeness (QED) is 0.447. The van der Waals surface area contributed by atoms with E-state index in [-0.39, 0.29) is 29.9 Å². The Kier molecular flexibility index (Phi) is 5.92. The van der Waals surface area contributed by atoms with Crippen LogP contribution in [-0.2, 0) is 14.6 Å². The minimum atomic E-state index is -4.78. The third-order valence-electron chi connectivity index (χ3n) is 4.84. The highest BCUT2D eigenvalue weighted by molar-refractivity contribution is 7.92. The number of carbonyl (C=O) groups excluding carboxylic acids is 2. The summed E-state index contributed by atoms with van der Waals surface area (Å²) in [6.45, 7) is 0. The number of anilines is 1. The molecule has 0 aromatic heterocycles. The van der Waals surface area contributed by atoms with E-state index in [0.29, 0.717) is 24.9 Å². The molecule has 2 saturated heterocycles. The zero-order valence-electron chi connectivity index (χ0n) is 15.2. The molecule has 3 N–H and O–H groups in total. The van der Waals surface area contributed by atoms with E-state index in [2.05, 4.69) is 20.7 Å². The first kappa shape index (κ1) is 21.2. The highest BCUT2D eigenvalue weighted by Crippen LogP contribution is 2.28. The standard InChI is InChI=1S/C17H20F3N3O5S/c18-17(19,20)28-11-7-5-10(6-8-11)21-14(24)4-2-1-3-13-15-12(9-29(13,26)27)22-16(25)23-15/h5-8,12-13,15H,1-4,9H2,(H,21,24)(H2,22,23,25)/t12-,13+,15-/m0/s1. The van der Waals surface area contributed by atoms with Crippen molar-refractivity contribution < 1.29 is 35.9 Å². The maximum absolute atomic E-state index is 12.2. The van der Waals surface area contributed by atoms with E-state index in [1.165, 1.54) is 12.1 Å². The van der Waals surface area contributed by atoms with E-state index in [0.717, 1.165) is 12.1 Å². The summed E-state index contributed by atoms with van der Waals surface area (Å²) in [6, 6.07) is 3.54. The maximum Gasteiger partial charge on any atom is 0.573 e. The molecule has 1 aromatic rings. The van der Waals surface area contributed by atoms with E-state index < -0.39 is 33.5 Å². The minimum absolute atomic E-state index is 0.0877. The van der Waals surface area contributed by atoms with E-state index in [9.17, 15) is 31.2 Å². The van der Waals surface area contributed by atoms with Gasteiger partial charge in [0.25, 0.3) is 0 Å². The van der Waals surface area contributed by atoms with Crippen LogP contribution in [0.1, 0.15) is 25.7 Å². The molecule has 0 unspecified atom stereocenters. The van der Waals surface area contributed by atoms with Gasteiger partial charge in [0.1, 0.15) is 5.75 Å². The van der Waals surface area contributed by atoms with Crippen LogP contribution in [0.15, 0.2) is 24.3 Å². The molecule has 0 radical (unpaired) electrons. The first-order valence-corrected chi connectivity index (χ1v) is 10.7. The number of hydrogen-bond acceptors (Lipinski definition) is 5. The van der Waals surface area contributed by atoms with Gasteiger partial charge in [-0.15, -0.1) is 13.2 Å². The smallest absolute Gasteiger partial charge is 0.406 e. The Balaban J connectivity index is 1.41. The zero-order valence-corrected chi connectivity index (χ0v) is 16.0. The van der Waals surface area contributed by atoms with Crippen LogP contribution in [0.4, 0.5) is 23.7 Å². The van der Waals surface area contributed by atoms with Crippen LogP contribution in [-0.4, -0.2) is 49.8 Å². The fraction of sp³-hybridized carbons (Fsp3) is 0.529. The molecule has 1 aromatic carbocycles. The minimum Gasteiger partial charge on any atom is -0.406 e. The number of nitrogens with one attached hydrogen (secondary N) is 3. The molecule has 3 atom stereocenters. The van der Waals surface area contributed by atoms with Gasteiger partial charge in [0.15, 0.2) is 9.84 Å². The van der Waals surface area contributed by atoms with Crippen LogP contribution in [0.2, 0.25) is 0 Å². The average Bonchev–Trinajstić information content (AvgIpc) is 3.04. The Hall–Kier alpha value is -2.50. The van der Waals surface area contributed by atoms with E-state index in [1.54, 1.807) is 0 Å². The van der Waals surface area contributed by atoms with Crippen LogP contribution in [0.25, 0.3) is 0 Å². The lowest BCUT2D eigenvalue weighted by Crippen LogP contribution is -2.39. The SMILES string of the molecule is O=C(CCCC[C@@H]1[C@H]2NC(=O)N[C@H]2CS1(=O)=O)Nc1ccc(OC(F)(F)F)cc1. The zero-order chi connectivity index (χ0) is 21.2. The van der Waals surface area contributed by atoms with Crippen molar-refractivity contribution in [3.63, 3.8) is 0 Å². The van der Waals surface area contributed by atoms with Crippen LogP contribution < -0.4 is 20.7 Å². The predicted molar refractivity (Wildman–Crippen MR) is 97.0 cm³/mol. The van der Waals surface area contributed by atoms with Crippen molar-refractivity contribution in [2.75, 3.05) is 11.1 Å². The number of benzene rings is 1. The monoisotopic (exact) mass is 435 g/mol. The van der Waals surface area contributed by atoms with E-state index in [4.69, 9.17) is 0 Å². The number of amides is 3. The molecule has 0 saturated carbocycles. The van der Waals surface area contributed by atoms with Gasteiger partial charge in [-0.05, 0) is 37.1 Å². The van der Waals surface area contributed by atoms with Crippen LogP contribution in [0, 0.1) is 0 Å². The average molecular weight is 435 g/mol. The molecular formula is C17H20F3N3O5S. The molecule has 2 heterocycles. The first-order valence-electron chi connectivity index (χ1n) is 8.98. The third-order valence-corrected chi connectivity index (χ3v) is 7.11. The highest BCUT2D eigenvalue weighted by atomic mass is 32.2. The molecular weight excluding hydrogens is 415 g/mol. The molecule has 3 amide bonds. The second-order valence-corrected chi connectivity index (χ2v) is 9.25. The van der Waals surface area contributed by atoms with Gasteiger partial charge in [-0.2, -0.15) is 0 Å². The summed E-state index contributed by atoms with van der Waals surface area (Å²) < 4.78 is 64.5. The molecule has 2 fully saturated rings. The Morgan fingerprint density at radius 3 is 2.52 bits per heavy atom. The fourth-order valence-electron chi connectivity index (χ4n) is 3.60. The summed E-state index contributed by atoms with van der Waals surface area (Å²) in [4.78, 5) is 23.3. The van der Waals surface area contributed by atoms with Gasteiger partial charge in [0, 0.05) is 12.1 Å². The van der Waals surface area contributed by atoms with Crippen molar-refractivity contribution in [3.8, 4) is 5.75 Å². The number of fused-ring (bicyclic) bond motifs is 1. The van der Waals surface area contributed by atoms with Crippen molar-refractivity contribution in [1.29, 1.82) is 0 Å². The van der Waals surface area contributed by atoms with Crippen LogP contribution in [0.3, 0.4) is 0 Å². The molecule has 12 heteroatoms. The molecule has 8 nitrogen and oxygen atoms in total. The molecule has 160 valence electrons. The van der Waals surface area contributed by atoms with E-state index >= 15 is 0 Å². The van der Waals surface area contributed by atoms with Gasteiger partial charge < -0.3 is 20.7 Å². The number of urea groups is 1. The van der Waals surface area contributed by atoms with Crippen molar-refractivity contribution in [1.82, 2.24) is 10.6 Å². The lowest BCUT2D eigenvalue weighted by molar-refractivity contribution is -0.274. The topological polar surface area (TPSA) is 114 Å². The van der Waals surface area contributed by atoms with Crippen molar-refractivity contribution in [3.05, 3.63) is 24.3 Å². The molecule has 29 heavy (non-hydrogen) atoms. The normalized spacial score (nSPS) is 25.1. The number of hydrogen-bond donors (Lipinski definition) is 3. The van der Waals surface area contributed by atoms with Gasteiger partial charge in [-0.25, -0.2) is 13.2 Å². The number of ether oxygens (including phenoxy) is 1. The lowest BCUT2D eigenvalue weighted by atomic mass is 10.0. The Morgan fingerprint density at radius 1 is 1.17 bits per heavy atom. The highest BCUT2D eigenvalue weighted by Gasteiger charge is 2.51. The largest absolute Gasteiger partial charge is 0.573 e. The summed E-state index contributed by atoms with van der Waals surface area (Å²) in [5, 5.41) is 7.11. The van der Waals surface area contributed by atoms with E-state index in [1.807, 2.05) is 0 Å². The summed E-state index contributed by atoms with van der Waals surface area (Å²) in [6.07, 6.45) is -3.40. The Morgan fingerprint density at radius 2 is 1.86 bits per heavy atom. The van der Waals surface area contributed by atoms with Crippen LogP contribution in [0.5, 0.6) is 5.75 Å². The first-order chi connectivity index (χ1) is 13.5. The van der Waals surface area contributed by atoms with Crippen molar-refractivity contribution >= 4 is 27.5 Å². The molecule has 0 aliphatic carbocycles. The van der Waals surface area contributed by atoms with Gasteiger partial charge in [-0.1, -0.05) is 6.42 Å². The van der Waals surface area contributed by atoms with Crippen LogP contribution >= 0.6 is 0 Å². The second-order valence-electron chi connectivity index (χ2n) is 6.98. The number of unbranched alkanes of at least 4 members (excludes halogenated alkanes) is 1. The predicted octanol–water partition coefficient (Wildman–Crippen LogP) is 1.93.